The Morgan fingerprint density at radius 3 is 1.73 bits per heavy atom. The van der Waals surface area contributed by atoms with Crippen LogP contribution in [0.2, 0.25) is 0 Å². The normalized spacial score (nSPS) is 14.6. The molecule has 0 atom stereocenters. The highest BCUT2D eigenvalue weighted by Crippen LogP contribution is 2.36. The third kappa shape index (κ3) is 3.08. The summed E-state index contributed by atoms with van der Waals surface area (Å²) in [4.78, 5) is 0.351. The first-order chi connectivity index (χ1) is 10.4. The van der Waals surface area contributed by atoms with E-state index in [9.17, 15) is 8.42 Å². The summed E-state index contributed by atoms with van der Waals surface area (Å²) in [6.07, 6.45) is 6.49. The van der Waals surface area contributed by atoms with Gasteiger partial charge in [0.25, 0.3) is 0 Å². The second kappa shape index (κ2) is 5.86. The van der Waals surface area contributed by atoms with Crippen molar-refractivity contribution in [1.29, 1.82) is 0 Å². The molecule has 0 aromatic heterocycles. The molecule has 0 unspecified atom stereocenters. The minimum atomic E-state index is -3.15. The second-order valence-corrected chi connectivity index (χ2v) is 8.21. The largest absolute Gasteiger partial charge is 0.224 e. The molecule has 0 fully saturated rings. The molecule has 0 N–H and O–H groups in total. The topological polar surface area (TPSA) is 34.1 Å². The van der Waals surface area contributed by atoms with Crippen molar-refractivity contribution in [1.82, 2.24) is 0 Å². The standard InChI is InChI=1S/C18H15BrO2S/c1-22(20,21)16-11-7-14(8-12-16)18-4-2-3-17(18)13-5-9-15(19)10-6-13/h3-12H,2H2,1H3. The van der Waals surface area contributed by atoms with Crippen molar-refractivity contribution in [2.24, 2.45) is 0 Å². The summed E-state index contributed by atoms with van der Waals surface area (Å²) in [5.41, 5.74) is 4.56. The van der Waals surface area contributed by atoms with Gasteiger partial charge in [-0.2, -0.15) is 0 Å². The monoisotopic (exact) mass is 374 g/mol. The van der Waals surface area contributed by atoms with Crippen LogP contribution in [-0.4, -0.2) is 14.7 Å². The van der Waals surface area contributed by atoms with Gasteiger partial charge in [-0.1, -0.05) is 52.3 Å². The van der Waals surface area contributed by atoms with Crippen LogP contribution in [0.4, 0.5) is 0 Å². The van der Waals surface area contributed by atoms with E-state index in [0.29, 0.717) is 4.90 Å². The zero-order valence-electron chi connectivity index (χ0n) is 12.1. The van der Waals surface area contributed by atoms with Gasteiger partial charge in [-0.05, 0) is 53.0 Å². The van der Waals surface area contributed by atoms with Gasteiger partial charge in [-0.15, -0.1) is 0 Å². The molecule has 2 aromatic rings. The summed E-state index contributed by atoms with van der Waals surface area (Å²) < 4.78 is 24.2. The van der Waals surface area contributed by atoms with Crippen molar-refractivity contribution < 1.29 is 8.42 Å². The number of rotatable bonds is 3. The first kappa shape index (κ1) is 15.3. The van der Waals surface area contributed by atoms with Crippen molar-refractivity contribution in [2.75, 3.05) is 6.26 Å². The third-order valence-electron chi connectivity index (χ3n) is 3.68. The fraction of sp³-hybridized carbons (Fsp3) is 0.111. The number of allylic oxidation sites excluding steroid dienone is 4. The van der Waals surface area contributed by atoms with Gasteiger partial charge in [-0.25, -0.2) is 8.42 Å². The maximum absolute atomic E-state index is 11.6. The second-order valence-electron chi connectivity index (χ2n) is 5.27. The first-order valence-corrected chi connectivity index (χ1v) is 9.61. The Hall–Kier alpha value is -1.65. The van der Waals surface area contributed by atoms with Crippen LogP contribution in [0.5, 0.6) is 0 Å². The Balaban J connectivity index is 1.95. The van der Waals surface area contributed by atoms with E-state index in [2.05, 4.69) is 40.2 Å². The molecule has 0 saturated heterocycles. The lowest BCUT2D eigenvalue weighted by atomic mass is 9.95. The summed E-state index contributed by atoms with van der Waals surface area (Å²) in [6, 6.07) is 15.3. The Kier molecular flexibility index (Phi) is 4.06. The quantitative estimate of drug-likeness (QED) is 0.778. The summed E-state index contributed by atoms with van der Waals surface area (Å²) in [5, 5.41) is 0. The maximum atomic E-state index is 11.6. The lowest BCUT2D eigenvalue weighted by Gasteiger charge is -2.10. The minimum absolute atomic E-state index is 0.351. The van der Waals surface area contributed by atoms with Gasteiger partial charge >= 0.3 is 0 Å². The molecule has 2 nitrogen and oxygen atoms in total. The SMILES string of the molecule is CS(=O)(=O)c1ccc(C2=CCC=C2c2ccc(Br)cc2)cc1. The third-order valence-corrected chi connectivity index (χ3v) is 5.34. The average Bonchev–Trinajstić information content (AvgIpc) is 2.97. The molecule has 1 aliphatic carbocycles. The molecular formula is C18H15BrO2S. The van der Waals surface area contributed by atoms with E-state index < -0.39 is 9.84 Å². The highest BCUT2D eigenvalue weighted by atomic mass is 79.9. The van der Waals surface area contributed by atoms with E-state index in [4.69, 9.17) is 0 Å². The van der Waals surface area contributed by atoms with Gasteiger partial charge in [0.2, 0.25) is 0 Å². The molecule has 0 heterocycles. The zero-order valence-corrected chi connectivity index (χ0v) is 14.5. The first-order valence-electron chi connectivity index (χ1n) is 6.92. The highest BCUT2D eigenvalue weighted by molar-refractivity contribution is 9.10. The van der Waals surface area contributed by atoms with Crippen molar-refractivity contribution in [3.63, 3.8) is 0 Å². The maximum Gasteiger partial charge on any atom is 0.175 e. The number of sulfone groups is 1. The highest BCUT2D eigenvalue weighted by Gasteiger charge is 2.15. The van der Waals surface area contributed by atoms with Crippen molar-refractivity contribution in [3.8, 4) is 0 Å². The summed E-state index contributed by atoms with van der Waals surface area (Å²) in [7, 11) is -3.15. The summed E-state index contributed by atoms with van der Waals surface area (Å²) in [5.74, 6) is 0. The molecule has 4 heteroatoms. The number of halogens is 1. The van der Waals surface area contributed by atoms with Gasteiger partial charge in [0.15, 0.2) is 9.84 Å². The van der Waals surface area contributed by atoms with Crippen molar-refractivity contribution in [2.45, 2.75) is 11.3 Å². The number of hydrogen-bond acceptors (Lipinski definition) is 2. The molecule has 0 saturated carbocycles. The average molecular weight is 375 g/mol. The molecule has 3 rings (SSSR count). The molecule has 1 aliphatic rings. The summed E-state index contributed by atoms with van der Waals surface area (Å²) in [6.45, 7) is 0. The molecule has 0 amide bonds. The van der Waals surface area contributed by atoms with E-state index in [1.165, 1.54) is 17.4 Å². The van der Waals surface area contributed by atoms with Crippen molar-refractivity contribution in [3.05, 3.63) is 76.3 Å². The van der Waals surface area contributed by atoms with E-state index in [1.54, 1.807) is 12.1 Å². The molecular weight excluding hydrogens is 360 g/mol. The fourth-order valence-corrected chi connectivity index (χ4v) is 3.47. The molecule has 112 valence electrons. The predicted molar refractivity (Wildman–Crippen MR) is 94.3 cm³/mol. The Labute approximate surface area is 139 Å². The predicted octanol–water partition coefficient (Wildman–Crippen LogP) is 4.72. The molecule has 0 bridgehead atoms. The molecule has 2 aromatic carbocycles. The molecule has 0 aliphatic heterocycles. The van der Waals surface area contributed by atoms with E-state index in [0.717, 1.165) is 22.0 Å². The van der Waals surface area contributed by atoms with E-state index in [1.807, 2.05) is 24.3 Å². The van der Waals surface area contributed by atoms with Gasteiger partial charge in [0.05, 0.1) is 4.90 Å². The van der Waals surface area contributed by atoms with Crippen LogP contribution in [0.25, 0.3) is 11.1 Å². The molecule has 0 spiro atoms. The van der Waals surface area contributed by atoms with Crippen LogP contribution in [0.15, 0.2) is 70.1 Å². The fourth-order valence-electron chi connectivity index (χ4n) is 2.57. The lowest BCUT2D eigenvalue weighted by molar-refractivity contribution is 0.602. The van der Waals surface area contributed by atoms with Crippen LogP contribution in [-0.2, 0) is 9.84 Å². The molecule has 22 heavy (non-hydrogen) atoms. The minimum Gasteiger partial charge on any atom is -0.224 e. The number of benzene rings is 2. The smallest absolute Gasteiger partial charge is 0.175 e. The Bertz CT molecular complexity index is 858. The van der Waals surface area contributed by atoms with Gasteiger partial charge < -0.3 is 0 Å². The van der Waals surface area contributed by atoms with Crippen LogP contribution < -0.4 is 0 Å². The van der Waals surface area contributed by atoms with E-state index in [-0.39, 0.29) is 0 Å². The lowest BCUT2D eigenvalue weighted by Crippen LogP contribution is -1.97. The number of hydrogen-bond donors (Lipinski definition) is 0. The van der Waals surface area contributed by atoms with Crippen LogP contribution in [0.3, 0.4) is 0 Å². The van der Waals surface area contributed by atoms with Crippen molar-refractivity contribution >= 4 is 36.9 Å². The zero-order chi connectivity index (χ0) is 15.7. The van der Waals surface area contributed by atoms with Gasteiger partial charge in [0, 0.05) is 10.7 Å². The van der Waals surface area contributed by atoms with E-state index >= 15 is 0 Å². The molecule has 0 radical (unpaired) electrons. The Morgan fingerprint density at radius 1 is 0.818 bits per heavy atom. The van der Waals surface area contributed by atoms with Crippen LogP contribution >= 0.6 is 15.9 Å². The van der Waals surface area contributed by atoms with Gasteiger partial charge in [-0.3, -0.25) is 0 Å². The van der Waals surface area contributed by atoms with Gasteiger partial charge in [0.1, 0.15) is 0 Å². The Morgan fingerprint density at radius 2 is 1.27 bits per heavy atom. The van der Waals surface area contributed by atoms with Crippen LogP contribution in [0.1, 0.15) is 17.5 Å². The van der Waals surface area contributed by atoms with Crippen LogP contribution in [0, 0.1) is 0 Å². The summed E-state index contributed by atoms with van der Waals surface area (Å²) >= 11 is 3.45.